The van der Waals surface area contributed by atoms with Crippen LogP contribution in [0.5, 0.6) is 11.5 Å². The van der Waals surface area contributed by atoms with Crippen molar-refractivity contribution in [3.63, 3.8) is 0 Å². The summed E-state index contributed by atoms with van der Waals surface area (Å²) in [6.45, 7) is 0. The monoisotopic (exact) mass is 816 g/mol. The summed E-state index contributed by atoms with van der Waals surface area (Å²) in [6, 6.07) is 43.1. The average Bonchev–Trinajstić information content (AvgIpc) is 3.89. The van der Waals surface area contributed by atoms with Crippen molar-refractivity contribution < 1.29 is 36.0 Å². The van der Waals surface area contributed by atoms with Crippen LogP contribution in [0.3, 0.4) is 0 Å². The summed E-state index contributed by atoms with van der Waals surface area (Å²) in [5.74, 6) is 1.69. The molecule has 0 aliphatic carbocycles. The van der Waals surface area contributed by atoms with E-state index >= 15 is 0 Å². The van der Waals surface area contributed by atoms with Crippen LogP contribution >= 0.6 is 0 Å². The van der Waals surface area contributed by atoms with E-state index in [-0.39, 0.29) is 22.3 Å². The van der Waals surface area contributed by atoms with Crippen LogP contribution in [0.2, 0.25) is 0 Å². The van der Waals surface area contributed by atoms with Gasteiger partial charge in [0.2, 0.25) is 11.8 Å². The Morgan fingerprint density at radius 3 is 1.19 bits per heavy atom. The van der Waals surface area contributed by atoms with E-state index in [1.54, 1.807) is 12.1 Å². The fourth-order valence-electron chi connectivity index (χ4n) is 6.12. The van der Waals surface area contributed by atoms with Crippen molar-refractivity contribution in [1.82, 2.24) is 9.97 Å². The number of oxime groups is 2. The molecule has 0 bridgehead atoms. The predicted octanol–water partition coefficient (Wildman–Crippen LogP) is 7.86. The van der Waals surface area contributed by atoms with Gasteiger partial charge in [-0.2, -0.15) is 0 Å². The van der Waals surface area contributed by atoms with E-state index < -0.39 is 19.7 Å². The van der Waals surface area contributed by atoms with Crippen LogP contribution in [0.25, 0.3) is 0 Å². The van der Waals surface area contributed by atoms with Gasteiger partial charge in [-0.1, -0.05) is 120 Å². The van der Waals surface area contributed by atoms with Crippen LogP contribution < -0.4 is 9.47 Å². The van der Waals surface area contributed by atoms with E-state index in [9.17, 15) is 16.8 Å². The molecule has 4 aromatic carbocycles. The minimum atomic E-state index is -3.34. The van der Waals surface area contributed by atoms with Crippen molar-refractivity contribution in [1.29, 1.82) is 0 Å². The summed E-state index contributed by atoms with van der Waals surface area (Å²) >= 11 is 0. The molecule has 0 saturated carbocycles. The SMILES string of the molecule is CS(=O)(=O)c1ccc(OC2=NO[C@@H](c3ccc(Cc4ccccc4)cc3)C2)cn1.CS(=O)(=O)c1ccc(OC2=NO[C@H](c3ccc(Cc4ccccc4)cc3)C2)cn1. The zero-order valence-corrected chi connectivity index (χ0v) is 33.3. The number of pyridine rings is 2. The number of rotatable bonds is 10. The summed E-state index contributed by atoms with van der Waals surface area (Å²) in [7, 11) is -6.67. The molecule has 2 aliphatic heterocycles. The first-order valence-corrected chi connectivity index (χ1v) is 22.1. The number of ether oxygens (including phenoxy) is 2. The zero-order chi connectivity index (χ0) is 40.5. The van der Waals surface area contributed by atoms with E-state index in [4.69, 9.17) is 19.1 Å². The maximum Gasteiger partial charge on any atom is 0.235 e. The molecular weight excluding hydrogens is 777 g/mol. The van der Waals surface area contributed by atoms with Crippen LogP contribution in [-0.4, -0.2) is 51.1 Å². The van der Waals surface area contributed by atoms with Crippen LogP contribution in [0.15, 0.2) is 166 Å². The van der Waals surface area contributed by atoms with Crippen molar-refractivity contribution in [2.75, 3.05) is 12.5 Å². The Hall–Kier alpha value is -6.38. The lowest BCUT2D eigenvalue weighted by atomic mass is 10.0. The lowest BCUT2D eigenvalue weighted by Gasteiger charge is -2.09. The van der Waals surface area contributed by atoms with E-state index in [0.717, 1.165) is 36.5 Å². The highest BCUT2D eigenvalue weighted by molar-refractivity contribution is 7.90. The number of sulfone groups is 2. The molecule has 0 N–H and O–H groups in total. The molecule has 14 heteroatoms. The molecule has 0 fully saturated rings. The van der Waals surface area contributed by atoms with Crippen molar-refractivity contribution in [2.24, 2.45) is 10.3 Å². The van der Waals surface area contributed by atoms with Gasteiger partial charge in [-0.25, -0.2) is 26.8 Å². The fourth-order valence-corrected chi connectivity index (χ4v) is 7.24. The van der Waals surface area contributed by atoms with Gasteiger partial charge in [0.05, 0.1) is 25.2 Å². The Morgan fingerprint density at radius 1 is 0.500 bits per heavy atom. The minimum absolute atomic E-state index is 0.00271. The second-order valence-corrected chi connectivity index (χ2v) is 17.7. The van der Waals surface area contributed by atoms with Gasteiger partial charge in [-0.15, -0.1) is 0 Å². The predicted molar refractivity (Wildman–Crippen MR) is 219 cm³/mol. The van der Waals surface area contributed by atoms with Gasteiger partial charge in [-0.3, -0.25) is 0 Å². The molecule has 2 aromatic heterocycles. The highest BCUT2D eigenvalue weighted by Crippen LogP contribution is 2.30. The maximum atomic E-state index is 11.5. The molecule has 0 amide bonds. The summed E-state index contributed by atoms with van der Waals surface area (Å²) < 4.78 is 57.2. The Kier molecular flexibility index (Phi) is 12.2. The van der Waals surface area contributed by atoms with E-state index in [2.05, 4.69) is 68.8 Å². The Bertz CT molecular complexity index is 2400. The Labute approximate surface area is 337 Å². The third-order valence-electron chi connectivity index (χ3n) is 9.14. The highest BCUT2D eigenvalue weighted by atomic mass is 32.2. The summed E-state index contributed by atoms with van der Waals surface area (Å²) in [5.41, 5.74) is 7.04. The van der Waals surface area contributed by atoms with Crippen LogP contribution in [-0.2, 0) is 42.2 Å². The first-order chi connectivity index (χ1) is 27.9. The van der Waals surface area contributed by atoms with Gasteiger partial charge >= 0.3 is 0 Å². The number of benzene rings is 4. The summed E-state index contributed by atoms with van der Waals surface area (Å²) in [4.78, 5) is 18.8. The molecule has 0 spiro atoms. The maximum absolute atomic E-state index is 11.5. The van der Waals surface area contributed by atoms with E-state index in [0.29, 0.717) is 36.1 Å². The van der Waals surface area contributed by atoms with E-state index in [1.165, 1.54) is 46.8 Å². The summed E-state index contributed by atoms with van der Waals surface area (Å²) in [6.07, 6.45) is 7.29. The molecule has 0 unspecified atom stereocenters. The smallest absolute Gasteiger partial charge is 0.235 e. The summed E-state index contributed by atoms with van der Waals surface area (Å²) in [5, 5.41) is 8.00. The number of hydrogen-bond donors (Lipinski definition) is 0. The second-order valence-electron chi connectivity index (χ2n) is 13.8. The van der Waals surface area contributed by atoms with Crippen molar-refractivity contribution in [2.45, 2.75) is 47.9 Å². The molecule has 6 aromatic rings. The average molecular weight is 817 g/mol. The largest absolute Gasteiger partial charge is 0.438 e. The normalized spacial score (nSPS) is 16.2. The lowest BCUT2D eigenvalue weighted by molar-refractivity contribution is 0.0854. The topological polar surface area (TPSA) is 156 Å². The highest BCUT2D eigenvalue weighted by Gasteiger charge is 2.26. The van der Waals surface area contributed by atoms with Gasteiger partial charge in [0, 0.05) is 12.5 Å². The third-order valence-corrected chi connectivity index (χ3v) is 11.1. The van der Waals surface area contributed by atoms with Crippen LogP contribution in [0.1, 0.15) is 58.4 Å². The molecule has 58 heavy (non-hydrogen) atoms. The van der Waals surface area contributed by atoms with Gasteiger partial charge in [0.25, 0.3) is 0 Å². The molecule has 2 aliphatic rings. The van der Waals surface area contributed by atoms with Gasteiger partial charge in [0.1, 0.15) is 11.5 Å². The fraction of sp³-hybridized carbons (Fsp3) is 0.182. The van der Waals surface area contributed by atoms with Crippen LogP contribution in [0.4, 0.5) is 0 Å². The molecule has 0 radical (unpaired) electrons. The van der Waals surface area contributed by atoms with Crippen LogP contribution in [0, 0.1) is 0 Å². The van der Waals surface area contributed by atoms with Crippen molar-refractivity contribution >= 4 is 31.5 Å². The molecule has 296 valence electrons. The molecular formula is C44H40N4O8S2. The quantitative estimate of drug-likeness (QED) is 0.133. The number of aromatic nitrogens is 2. The first-order valence-electron chi connectivity index (χ1n) is 18.3. The van der Waals surface area contributed by atoms with Crippen molar-refractivity contribution in [3.8, 4) is 11.5 Å². The van der Waals surface area contributed by atoms with Gasteiger partial charge < -0.3 is 19.1 Å². The van der Waals surface area contributed by atoms with Gasteiger partial charge in [0.15, 0.2) is 41.9 Å². The Balaban J connectivity index is 0.000000177. The lowest BCUT2D eigenvalue weighted by Crippen LogP contribution is -2.08. The number of hydrogen-bond acceptors (Lipinski definition) is 12. The standard InChI is InChI=1S/2C22H20N2O4S/c2*1-29(25,26)22-12-11-19(15-23-22)27-21-14-20(28-24-21)18-9-7-17(8-10-18)13-16-5-3-2-4-6-16/h2*2-12,15,20H,13-14H2,1H3/t2*20-/m10/s1. The molecule has 8 rings (SSSR count). The Morgan fingerprint density at radius 2 is 0.862 bits per heavy atom. The molecule has 4 heterocycles. The third kappa shape index (κ3) is 10.9. The van der Waals surface area contributed by atoms with Gasteiger partial charge in [-0.05, 0) is 70.5 Å². The number of nitrogens with zero attached hydrogens (tertiary/aromatic N) is 4. The second kappa shape index (κ2) is 17.8. The zero-order valence-electron chi connectivity index (χ0n) is 31.7. The molecule has 12 nitrogen and oxygen atoms in total. The van der Waals surface area contributed by atoms with Crippen molar-refractivity contribution in [3.05, 3.63) is 179 Å². The minimum Gasteiger partial charge on any atom is -0.438 e. The van der Waals surface area contributed by atoms with E-state index in [1.807, 2.05) is 60.7 Å². The molecule has 0 saturated heterocycles. The first kappa shape index (κ1) is 39.8. The molecule has 2 atom stereocenters.